The van der Waals surface area contributed by atoms with Crippen molar-refractivity contribution in [3.05, 3.63) is 47.1 Å². The number of hydrogen-bond donors (Lipinski definition) is 2. The van der Waals surface area contributed by atoms with Crippen molar-refractivity contribution in [2.24, 2.45) is 5.73 Å². The largest absolute Gasteiger partial charge is 0.346 e. The summed E-state index contributed by atoms with van der Waals surface area (Å²) < 4.78 is 13.9. The third-order valence-electron chi connectivity index (χ3n) is 3.69. The fourth-order valence-electron chi connectivity index (χ4n) is 2.34. The van der Waals surface area contributed by atoms with Gasteiger partial charge in [0.15, 0.2) is 0 Å². The van der Waals surface area contributed by atoms with E-state index in [2.05, 4.69) is 5.32 Å². The summed E-state index contributed by atoms with van der Waals surface area (Å²) in [4.78, 5) is 27.0. The number of amides is 2. The predicted molar refractivity (Wildman–Crippen MR) is 97.5 cm³/mol. The second-order valence-corrected chi connectivity index (χ2v) is 7.01. The van der Waals surface area contributed by atoms with Gasteiger partial charge in [-0.05, 0) is 32.0 Å². The minimum atomic E-state index is -0.366. The Kier molecular flexibility index (Phi) is 6.66. The average molecular weight is 363 g/mol. The molecule has 3 N–H and O–H groups in total. The van der Waals surface area contributed by atoms with Gasteiger partial charge < -0.3 is 16.0 Å². The van der Waals surface area contributed by atoms with E-state index in [4.69, 9.17) is 5.73 Å². The van der Waals surface area contributed by atoms with Crippen LogP contribution in [0.25, 0.3) is 10.4 Å². The molecule has 1 aromatic carbocycles. The maximum Gasteiger partial charge on any atom is 0.242 e. The van der Waals surface area contributed by atoms with Crippen LogP contribution in [0.3, 0.4) is 0 Å². The van der Waals surface area contributed by atoms with Gasteiger partial charge >= 0.3 is 0 Å². The Hall–Kier alpha value is -2.25. The van der Waals surface area contributed by atoms with Crippen LogP contribution in [0.1, 0.15) is 18.7 Å². The molecule has 0 saturated carbocycles. The van der Waals surface area contributed by atoms with Crippen molar-refractivity contribution in [3.8, 4) is 10.4 Å². The summed E-state index contributed by atoms with van der Waals surface area (Å²) in [5.41, 5.74) is 5.77. The summed E-state index contributed by atoms with van der Waals surface area (Å²) in [5.74, 6) is -0.815. The normalized spacial score (nSPS) is 10.8. The Morgan fingerprint density at radius 1 is 1.24 bits per heavy atom. The first kappa shape index (κ1) is 19.1. The van der Waals surface area contributed by atoms with Crippen LogP contribution in [0.2, 0.25) is 0 Å². The topological polar surface area (TPSA) is 75.4 Å². The van der Waals surface area contributed by atoms with Gasteiger partial charge in [0.1, 0.15) is 5.82 Å². The summed E-state index contributed by atoms with van der Waals surface area (Å²) in [6.07, 6.45) is 0. The van der Waals surface area contributed by atoms with Crippen LogP contribution in [0.5, 0.6) is 0 Å². The lowest BCUT2D eigenvalue weighted by Gasteiger charge is -2.26. The van der Waals surface area contributed by atoms with Gasteiger partial charge in [-0.25, -0.2) is 4.39 Å². The van der Waals surface area contributed by atoms with Gasteiger partial charge in [0.2, 0.25) is 11.8 Å². The van der Waals surface area contributed by atoms with Crippen molar-refractivity contribution in [2.75, 3.05) is 13.1 Å². The highest BCUT2D eigenvalue weighted by molar-refractivity contribution is 7.15. The number of carbonyl (C=O) groups is 2. The van der Waals surface area contributed by atoms with Crippen LogP contribution in [-0.4, -0.2) is 35.8 Å². The molecule has 0 spiro atoms. The van der Waals surface area contributed by atoms with E-state index < -0.39 is 0 Å². The Labute approximate surface area is 150 Å². The number of halogens is 1. The molecule has 0 atom stereocenters. The Balaban J connectivity index is 2.09. The molecule has 0 saturated heterocycles. The molecule has 0 aliphatic heterocycles. The number of nitrogens with two attached hydrogens (primary N) is 1. The lowest BCUT2D eigenvalue weighted by atomic mass is 10.2. The second-order valence-electron chi connectivity index (χ2n) is 5.84. The summed E-state index contributed by atoms with van der Waals surface area (Å²) >= 11 is 1.45. The monoisotopic (exact) mass is 363 g/mol. The molecule has 2 aromatic rings. The number of nitrogens with zero attached hydrogens (tertiary/aromatic N) is 1. The zero-order valence-corrected chi connectivity index (χ0v) is 15.1. The molecule has 0 radical (unpaired) electrons. The Morgan fingerprint density at radius 3 is 2.60 bits per heavy atom. The first-order valence-corrected chi connectivity index (χ1v) is 8.84. The predicted octanol–water partition coefficient (Wildman–Crippen LogP) is 2.37. The van der Waals surface area contributed by atoms with Gasteiger partial charge in [0.25, 0.3) is 0 Å². The quantitative estimate of drug-likeness (QED) is 0.793. The van der Waals surface area contributed by atoms with E-state index in [0.717, 1.165) is 9.75 Å². The van der Waals surface area contributed by atoms with E-state index in [0.29, 0.717) is 12.1 Å². The summed E-state index contributed by atoms with van der Waals surface area (Å²) in [6.45, 7) is 4.00. The minimum Gasteiger partial charge on any atom is -0.346 e. The molecule has 0 unspecified atom stereocenters. The maximum atomic E-state index is 13.9. The van der Waals surface area contributed by atoms with E-state index in [1.807, 2.05) is 26.0 Å². The van der Waals surface area contributed by atoms with Crippen LogP contribution in [-0.2, 0) is 16.1 Å². The standard InChI is InChI=1S/C18H22FN3O2S/c1-12(2)22(18(24)10-21-17(23)9-20)11-13-7-8-16(25-13)14-5-3-4-6-15(14)19/h3-8,12H,9-11,20H2,1-2H3,(H,21,23). The fourth-order valence-corrected chi connectivity index (χ4v) is 3.38. The molecule has 134 valence electrons. The molecule has 0 fully saturated rings. The number of thiophene rings is 1. The fraction of sp³-hybridized carbons (Fsp3) is 0.333. The van der Waals surface area contributed by atoms with Crippen molar-refractivity contribution in [2.45, 2.75) is 26.4 Å². The summed E-state index contributed by atoms with van der Waals surface area (Å²) in [5, 5.41) is 2.49. The van der Waals surface area contributed by atoms with Crippen LogP contribution in [0.4, 0.5) is 4.39 Å². The highest BCUT2D eigenvalue weighted by atomic mass is 32.1. The van der Waals surface area contributed by atoms with E-state index in [-0.39, 0.29) is 36.8 Å². The molecule has 2 rings (SSSR count). The molecular weight excluding hydrogens is 341 g/mol. The first-order chi connectivity index (χ1) is 11.9. The maximum absolute atomic E-state index is 13.9. The number of rotatable bonds is 7. The second kappa shape index (κ2) is 8.73. The molecule has 1 aromatic heterocycles. The number of nitrogens with one attached hydrogen (secondary N) is 1. The van der Waals surface area contributed by atoms with E-state index in [1.165, 1.54) is 17.4 Å². The van der Waals surface area contributed by atoms with Crippen LogP contribution >= 0.6 is 11.3 Å². The lowest BCUT2D eigenvalue weighted by Crippen LogP contribution is -2.44. The Bertz CT molecular complexity index is 745. The van der Waals surface area contributed by atoms with E-state index >= 15 is 0 Å². The summed E-state index contributed by atoms with van der Waals surface area (Å²) in [7, 11) is 0. The third kappa shape index (κ3) is 5.11. The van der Waals surface area contributed by atoms with Gasteiger partial charge in [-0.2, -0.15) is 0 Å². The van der Waals surface area contributed by atoms with Crippen molar-refractivity contribution >= 4 is 23.2 Å². The van der Waals surface area contributed by atoms with Gasteiger partial charge in [0, 0.05) is 21.4 Å². The zero-order chi connectivity index (χ0) is 18.4. The van der Waals surface area contributed by atoms with Gasteiger partial charge in [-0.3, -0.25) is 9.59 Å². The molecule has 5 nitrogen and oxygen atoms in total. The highest BCUT2D eigenvalue weighted by Gasteiger charge is 2.19. The highest BCUT2D eigenvalue weighted by Crippen LogP contribution is 2.30. The van der Waals surface area contributed by atoms with Crippen LogP contribution in [0, 0.1) is 5.82 Å². The SMILES string of the molecule is CC(C)N(Cc1ccc(-c2ccccc2F)s1)C(=O)CNC(=O)CN. The lowest BCUT2D eigenvalue weighted by molar-refractivity contribution is -0.134. The molecule has 0 aliphatic rings. The molecule has 1 heterocycles. The molecule has 0 aliphatic carbocycles. The third-order valence-corrected chi connectivity index (χ3v) is 4.80. The van der Waals surface area contributed by atoms with Crippen molar-refractivity contribution in [3.63, 3.8) is 0 Å². The minimum absolute atomic E-state index is 0.0266. The summed E-state index contributed by atoms with van der Waals surface area (Å²) in [6, 6.07) is 10.3. The van der Waals surface area contributed by atoms with Gasteiger partial charge in [-0.15, -0.1) is 11.3 Å². The molecule has 7 heteroatoms. The van der Waals surface area contributed by atoms with E-state index in [9.17, 15) is 14.0 Å². The molecule has 25 heavy (non-hydrogen) atoms. The van der Waals surface area contributed by atoms with Gasteiger partial charge in [0.05, 0.1) is 19.6 Å². The van der Waals surface area contributed by atoms with Crippen LogP contribution < -0.4 is 11.1 Å². The molecule has 2 amide bonds. The van der Waals surface area contributed by atoms with Crippen molar-refractivity contribution < 1.29 is 14.0 Å². The molecule has 0 bridgehead atoms. The van der Waals surface area contributed by atoms with E-state index in [1.54, 1.807) is 23.1 Å². The number of hydrogen-bond acceptors (Lipinski definition) is 4. The number of benzene rings is 1. The smallest absolute Gasteiger partial charge is 0.242 e. The van der Waals surface area contributed by atoms with Crippen molar-refractivity contribution in [1.82, 2.24) is 10.2 Å². The van der Waals surface area contributed by atoms with Gasteiger partial charge in [-0.1, -0.05) is 18.2 Å². The van der Waals surface area contributed by atoms with Crippen LogP contribution in [0.15, 0.2) is 36.4 Å². The molecular formula is C18H22FN3O2S. The Morgan fingerprint density at radius 2 is 1.96 bits per heavy atom. The first-order valence-electron chi connectivity index (χ1n) is 8.02. The number of carbonyl (C=O) groups excluding carboxylic acids is 2. The average Bonchev–Trinajstić information content (AvgIpc) is 3.05. The van der Waals surface area contributed by atoms with Crippen molar-refractivity contribution in [1.29, 1.82) is 0 Å². The zero-order valence-electron chi connectivity index (χ0n) is 14.3.